The van der Waals surface area contributed by atoms with Crippen LogP contribution in [0.15, 0.2) is 0 Å². The van der Waals surface area contributed by atoms with Crippen molar-refractivity contribution < 1.29 is 0 Å². The summed E-state index contributed by atoms with van der Waals surface area (Å²) in [4.78, 5) is 5.29. The van der Waals surface area contributed by atoms with E-state index in [1.807, 2.05) is 5.01 Å². The van der Waals surface area contributed by atoms with Crippen LogP contribution in [0.4, 0.5) is 0 Å². The summed E-state index contributed by atoms with van der Waals surface area (Å²) in [5.74, 6) is 5.87. The predicted molar refractivity (Wildman–Crippen MR) is 76.6 cm³/mol. The van der Waals surface area contributed by atoms with E-state index in [0.717, 1.165) is 19.1 Å². The molecule has 2 N–H and O–H groups in total. The summed E-state index contributed by atoms with van der Waals surface area (Å²) >= 11 is 0. The topological polar surface area (TPSA) is 35.7 Å². The van der Waals surface area contributed by atoms with E-state index in [4.69, 9.17) is 5.84 Å². The minimum absolute atomic E-state index is 0.644. The molecule has 0 radical (unpaired) electrons. The molecular weight excluding hydrogens is 236 g/mol. The number of piperidine rings is 1. The molecule has 4 aliphatic rings. The molecule has 4 nitrogen and oxygen atoms in total. The second-order valence-corrected chi connectivity index (χ2v) is 7.99. The van der Waals surface area contributed by atoms with Gasteiger partial charge in [0.05, 0.1) is 0 Å². The van der Waals surface area contributed by atoms with E-state index in [1.165, 1.54) is 58.3 Å². The van der Waals surface area contributed by atoms with Crippen molar-refractivity contribution in [1.29, 1.82) is 0 Å². The van der Waals surface area contributed by atoms with Crippen LogP contribution in [0, 0.1) is 10.8 Å². The molecule has 0 aromatic carbocycles. The van der Waals surface area contributed by atoms with E-state index in [1.54, 1.807) is 0 Å². The Labute approximate surface area is 116 Å². The van der Waals surface area contributed by atoms with Gasteiger partial charge in [0.15, 0.2) is 0 Å². The van der Waals surface area contributed by atoms with E-state index >= 15 is 0 Å². The van der Waals surface area contributed by atoms with Crippen molar-refractivity contribution in [1.82, 2.24) is 14.8 Å². The van der Waals surface area contributed by atoms with E-state index in [0.29, 0.717) is 10.8 Å². The number of hydrazine groups is 1. The monoisotopic (exact) mass is 264 g/mol. The third kappa shape index (κ3) is 2.04. The molecule has 4 rings (SSSR count). The van der Waals surface area contributed by atoms with Crippen LogP contribution in [0.5, 0.6) is 0 Å². The van der Waals surface area contributed by atoms with Gasteiger partial charge in [-0.2, -0.15) is 0 Å². The largest absolute Gasteiger partial charge is 0.306 e. The molecule has 0 bridgehead atoms. The average Bonchev–Trinajstić information content (AvgIpc) is 2.69. The van der Waals surface area contributed by atoms with Crippen molar-refractivity contribution in [2.24, 2.45) is 16.7 Å². The first kappa shape index (κ1) is 12.6. The predicted octanol–water partition coefficient (Wildman–Crippen LogP) is 0.742. The SMILES string of the molecule is CN1CCC2(CC(N3CC4(CCN(N)CC4)C3)C2)C1. The highest BCUT2D eigenvalue weighted by Gasteiger charge is 2.54. The van der Waals surface area contributed by atoms with Gasteiger partial charge in [0, 0.05) is 38.8 Å². The van der Waals surface area contributed by atoms with Crippen molar-refractivity contribution in [2.45, 2.75) is 38.1 Å². The quantitative estimate of drug-likeness (QED) is 0.709. The Morgan fingerprint density at radius 2 is 1.53 bits per heavy atom. The lowest BCUT2D eigenvalue weighted by molar-refractivity contribution is -0.114. The Kier molecular flexibility index (Phi) is 2.76. The molecule has 0 unspecified atom stereocenters. The van der Waals surface area contributed by atoms with Crippen LogP contribution < -0.4 is 5.84 Å². The van der Waals surface area contributed by atoms with Crippen molar-refractivity contribution in [3.05, 3.63) is 0 Å². The van der Waals surface area contributed by atoms with Gasteiger partial charge in [0.2, 0.25) is 0 Å². The zero-order valence-corrected chi connectivity index (χ0v) is 12.3. The highest BCUT2D eigenvalue weighted by Crippen LogP contribution is 2.53. The van der Waals surface area contributed by atoms with Crippen molar-refractivity contribution in [3.63, 3.8) is 0 Å². The summed E-state index contributed by atoms with van der Waals surface area (Å²) < 4.78 is 0. The van der Waals surface area contributed by atoms with Crippen LogP contribution in [-0.2, 0) is 0 Å². The highest BCUT2D eigenvalue weighted by atomic mass is 15.4. The first-order valence-corrected chi connectivity index (χ1v) is 8.01. The van der Waals surface area contributed by atoms with Gasteiger partial charge in [-0.3, -0.25) is 10.7 Å². The summed E-state index contributed by atoms with van der Waals surface area (Å²) in [5.41, 5.74) is 1.36. The molecule has 4 heteroatoms. The minimum atomic E-state index is 0.644. The van der Waals surface area contributed by atoms with E-state index in [2.05, 4.69) is 16.8 Å². The van der Waals surface area contributed by atoms with Crippen LogP contribution >= 0.6 is 0 Å². The molecular formula is C15H28N4. The third-order valence-corrected chi connectivity index (χ3v) is 6.42. The fraction of sp³-hybridized carbons (Fsp3) is 1.00. The lowest BCUT2D eigenvalue weighted by Gasteiger charge is -2.61. The Morgan fingerprint density at radius 3 is 2.11 bits per heavy atom. The molecule has 1 saturated carbocycles. The number of nitrogens with two attached hydrogens (primary N) is 1. The summed E-state index contributed by atoms with van der Waals surface area (Å²) in [5, 5.41) is 2.00. The van der Waals surface area contributed by atoms with Crippen LogP contribution in [0.2, 0.25) is 0 Å². The van der Waals surface area contributed by atoms with Gasteiger partial charge < -0.3 is 4.90 Å². The van der Waals surface area contributed by atoms with Gasteiger partial charge in [0.1, 0.15) is 0 Å². The Morgan fingerprint density at radius 1 is 0.895 bits per heavy atom. The third-order valence-electron chi connectivity index (χ3n) is 6.42. The van der Waals surface area contributed by atoms with Crippen molar-refractivity contribution in [3.8, 4) is 0 Å². The molecule has 2 spiro atoms. The second-order valence-electron chi connectivity index (χ2n) is 7.99. The van der Waals surface area contributed by atoms with Gasteiger partial charge in [-0.15, -0.1) is 0 Å². The van der Waals surface area contributed by atoms with Gasteiger partial charge in [-0.1, -0.05) is 0 Å². The molecule has 0 atom stereocenters. The van der Waals surface area contributed by atoms with E-state index in [-0.39, 0.29) is 0 Å². The first-order chi connectivity index (χ1) is 9.08. The lowest BCUT2D eigenvalue weighted by Crippen LogP contribution is -2.66. The molecule has 4 fully saturated rings. The zero-order valence-electron chi connectivity index (χ0n) is 12.3. The van der Waals surface area contributed by atoms with E-state index < -0.39 is 0 Å². The molecule has 108 valence electrons. The zero-order chi connectivity index (χ0) is 13.1. The molecule has 3 aliphatic heterocycles. The fourth-order valence-corrected chi connectivity index (χ4v) is 5.08. The van der Waals surface area contributed by atoms with Crippen molar-refractivity contribution in [2.75, 3.05) is 46.3 Å². The average molecular weight is 264 g/mol. The maximum Gasteiger partial charge on any atom is 0.0134 e. The highest BCUT2D eigenvalue weighted by molar-refractivity contribution is 5.08. The number of likely N-dealkylation sites (tertiary alicyclic amines) is 2. The summed E-state index contributed by atoms with van der Waals surface area (Å²) in [7, 11) is 2.28. The lowest BCUT2D eigenvalue weighted by atomic mass is 9.61. The number of rotatable bonds is 1. The van der Waals surface area contributed by atoms with Gasteiger partial charge in [-0.05, 0) is 56.5 Å². The Hall–Kier alpha value is -0.160. The Bertz CT molecular complexity index is 347. The molecule has 1 aliphatic carbocycles. The summed E-state index contributed by atoms with van der Waals surface area (Å²) in [6.07, 6.45) is 7.02. The minimum Gasteiger partial charge on any atom is -0.306 e. The standard InChI is InChI=1S/C15H28N4/c1-17-5-2-15(10-17)8-13(9-15)18-11-14(12-18)3-6-19(16)7-4-14/h13H,2-12,16H2,1H3. The summed E-state index contributed by atoms with van der Waals surface area (Å²) in [6.45, 7) is 7.60. The normalized spacial score (nSPS) is 43.6. The van der Waals surface area contributed by atoms with Crippen LogP contribution in [0.1, 0.15) is 32.1 Å². The van der Waals surface area contributed by atoms with Gasteiger partial charge >= 0.3 is 0 Å². The maximum absolute atomic E-state index is 5.87. The van der Waals surface area contributed by atoms with Crippen molar-refractivity contribution >= 4 is 0 Å². The fourth-order valence-electron chi connectivity index (χ4n) is 5.08. The molecule has 0 aromatic heterocycles. The molecule has 3 heterocycles. The van der Waals surface area contributed by atoms with Crippen LogP contribution in [0.3, 0.4) is 0 Å². The molecule has 19 heavy (non-hydrogen) atoms. The number of nitrogens with zero attached hydrogens (tertiary/aromatic N) is 3. The maximum atomic E-state index is 5.87. The number of hydrogen-bond acceptors (Lipinski definition) is 4. The molecule has 0 aromatic rings. The van der Waals surface area contributed by atoms with Gasteiger partial charge in [0.25, 0.3) is 0 Å². The Balaban J connectivity index is 1.27. The molecule has 3 saturated heterocycles. The first-order valence-electron chi connectivity index (χ1n) is 8.01. The second kappa shape index (κ2) is 4.17. The van der Waals surface area contributed by atoms with E-state index in [9.17, 15) is 0 Å². The molecule has 0 amide bonds. The number of hydrogen-bond donors (Lipinski definition) is 1. The van der Waals surface area contributed by atoms with Crippen LogP contribution in [-0.4, -0.2) is 67.2 Å². The smallest absolute Gasteiger partial charge is 0.0134 e. The summed E-state index contributed by atoms with van der Waals surface area (Å²) in [6, 6.07) is 0.910. The van der Waals surface area contributed by atoms with Crippen LogP contribution in [0.25, 0.3) is 0 Å². The van der Waals surface area contributed by atoms with Gasteiger partial charge in [-0.25, -0.2) is 5.01 Å².